The predicted molar refractivity (Wildman–Crippen MR) is 81.6 cm³/mol. The molecule has 19 heavy (non-hydrogen) atoms. The summed E-state index contributed by atoms with van der Waals surface area (Å²) in [6.45, 7) is 6.27. The van der Waals surface area contributed by atoms with Crippen molar-refractivity contribution in [1.29, 1.82) is 0 Å². The van der Waals surface area contributed by atoms with Gasteiger partial charge in [-0.05, 0) is 35.7 Å². The number of thiophene rings is 1. The quantitative estimate of drug-likeness (QED) is 0.879. The Morgan fingerprint density at radius 3 is 2.74 bits per heavy atom. The summed E-state index contributed by atoms with van der Waals surface area (Å²) in [5, 5.41) is 7.66. The van der Waals surface area contributed by atoms with Crippen LogP contribution in [0.25, 0.3) is 0 Å². The standard InChI is InChI=1S/C14H20N4S/c1-9(2)14-17-12(15)7-13(18-14)16-10(3)6-11-4-5-19-8-11/h4-5,7-10H,6H2,1-3H3,(H3,15,16,17,18). The van der Waals surface area contributed by atoms with E-state index in [4.69, 9.17) is 5.73 Å². The molecular weight excluding hydrogens is 256 g/mol. The molecule has 5 heteroatoms. The van der Waals surface area contributed by atoms with E-state index in [0.29, 0.717) is 11.9 Å². The van der Waals surface area contributed by atoms with Crippen LogP contribution in [0.1, 0.15) is 38.1 Å². The molecule has 0 saturated heterocycles. The lowest BCUT2D eigenvalue weighted by molar-refractivity contribution is 0.756. The van der Waals surface area contributed by atoms with Gasteiger partial charge >= 0.3 is 0 Å². The van der Waals surface area contributed by atoms with Crippen LogP contribution in [0.2, 0.25) is 0 Å². The van der Waals surface area contributed by atoms with Crippen LogP contribution in [0.5, 0.6) is 0 Å². The third kappa shape index (κ3) is 3.92. The van der Waals surface area contributed by atoms with Crippen LogP contribution in [0.15, 0.2) is 22.9 Å². The molecule has 1 atom stereocenters. The van der Waals surface area contributed by atoms with Crippen LogP contribution in [-0.2, 0) is 6.42 Å². The van der Waals surface area contributed by atoms with Crippen molar-refractivity contribution in [3.8, 4) is 0 Å². The number of rotatable bonds is 5. The van der Waals surface area contributed by atoms with Crippen LogP contribution in [-0.4, -0.2) is 16.0 Å². The maximum atomic E-state index is 5.82. The highest BCUT2D eigenvalue weighted by Crippen LogP contribution is 2.17. The first-order chi connectivity index (χ1) is 9.04. The number of anilines is 2. The smallest absolute Gasteiger partial charge is 0.135 e. The molecule has 0 aliphatic carbocycles. The average molecular weight is 276 g/mol. The van der Waals surface area contributed by atoms with Gasteiger partial charge in [-0.15, -0.1) is 0 Å². The van der Waals surface area contributed by atoms with Crippen molar-refractivity contribution in [1.82, 2.24) is 9.97 Å². The Hall–Kier alpha value is -1.62. The van der Waals surface area contributed by atoms with Gasteiger partial charge < -0.3 is 11.1 Å². The third-order valence-electron chi connectivity index (χ3n) is 2.80. The van der Waals surface area contributed by atoms with Crippen LogP contribution in [0, 0.1) is 0 Å². The number of aromatic nitrogens is 2. The van der Waals surface area contributed by atoms with E-state index in [-0.39, 0.29) is 5.92 Å². The van der Waals surface area contributed by atoms with E-state index < -0.39 is 0 Å². The highest BCUT2D eigenvalue weighted by Gasteiger charge is 2.09. The molecule has 0 aromatic carbocycles. The minimum atomic E-state index is 0.274. The zero-order valence-electron chi connectivity index (χ0n) is 11.6. The summed E-state index contributed by atoms with van der Waals surface area (Å²) in [4.78, 5) is 8.75. The maximum absolute atomic E-state index is 5.82. The third-order valence-corrected chi connectivity index (χ3v) is 3.53. The second-order valence-corrected chi connectivity index (χ2v) is 5.85. The van der Waals surface area contributed by atoms with E-state index in [1.54, 1.807) is 17.4 Å². The SMILES string of the molecule is CC(Cc1ccsc1)Nc1cc(N)nc(C(C)C)n1. The van der Waals surface area contributed by atoms with Gasteiger partial charge in [0.25, 0.3) is 0 Å². The average Bonchev–Trinajstić information content (AvgIpc) is 2.80. The van der Waals surface area contributed by atoms with Gasteiger partial charge in [-0.2, -0.15) is 11.3 Å². The normalized spacial score (nSPS) is 12.6. The van der Waals surface area contributed by atoms with Crippen molar-refractivity contribution >= 4 is 23.0 Å². The number of nitrogens with two attached hydrogens (primary N) is 1. The minimum Gasteiger partial charge on any atom is -0.384 e. The molecule has 0 aliphatic rings. The molecule has 0 saturated carbocycles. The van der Waals surface area contributed by atoms with Gasteiger partial charge in [0, 0.05) is 18.0 Å². The Morgan fingerprint density at radius 1 is 1.32 bits per heavy atom. The molecule has 102 valence electrons. The molecule has 4 nitrogen and oxygen atoms in total. The Balaban J connectivity index is 2.05. The first kappa shape index (κ1) is 13.8. The monoisotopic (exact) mass is 276 g/mol. The molecule has 2 rings (SSSR count). The van der Waals surface area contributed by atoms with E-state index in [1.807, 2.05) is 0 Å². The Bertz CT molecular complexity index is 522. The Morgan fingerprint density at radius 2 is 2.11 bits per heavy atom. The molecule has 0 aliphatic heterocycles. The van der Waals surface area contributed by atoms with Crippen molar-refractivity contribution < 1.29 is 0 Å². The van der Waals surface area contributed by atoms with Gasteiger partial charge in [0.2, 0.25) is 0 Å². The summed E-state index contributed by atoms with van der Waals surface area (Å²) in [6, 6.07) is 4.25. The van der Waals surface area contributed by atoms with Crippen LogP contribution >= 0.6 is 11.3 Å². The number of nitrogen functional groups attached to an aromatic ring is 1. The maximum Gasteiger partial charge on any atom is 0.135 e. The van der Waals surface area contributed by atoms with Crippen molar-refractivity contribution in [2.75, 3.05) is 11.1 Å². The molecule has 0 radical (unpaired) electrons. The van der Waals surface area contributed by atoms with E-state index >= 15 is 0 Å². The number of nitrogens with one attached hydrogen (secondary N) is 1. The van der Waals surface area contributed by atoms with Crippen molar-refractivity contribution in [2.45, 2.75) is 39.2 Å². The predicted octanol–water partition coefficient (Wildman–Crippen LogP) is 3.29. The molecule has 0 amide bonds. The fourth-order valence-corrected chi connectivity index (χ4v) is 2.56. The Labute approximate surface area is 118 Å². The highest BCUT2D eigenvalue weighted by molar-refractivity contribution is 7.07. The van der Waals surface area contributed by atoms with Crippen molar-refractivity contribution in [2.24, 2.45) is 0 Å². The summed E-state index contributed by atoms with van der Waals surface area (Å²) >= 11 is 1.72. The molecule has 1 unspecified atom stereocenters. The summed E-state index contributed by atoms with van der Waals surface area (Å²) < 4.78 is 0. The molecule has 3 N–H and O–H groups in total. The fraction of sp³-hybridized carbons (Fsp3) is 0.429. The van der Waals surface area contributed by atoms with Crippen molar-refractivity contribution in [3.05, 3.63) is 34.3 Å². The minimum absolute atomic E-state index is 0.274. The number of nitrogens with zero attached hydrogens (tertiary/aromatic N) is 2. The largest absolute Gasteiger partial charge is 0.384 e. The van der Waals surface area contributed by atoms with E-state index in [2.05, 4.69) is 52.9 Å². The summed E-state index contributed by atoms with van der Waals surface area (Å²) in [6.07, 6.45) is 0.977. The van der Waals surface area contributed by atoms with Crippen molar-refractivity contribution in [3.63, 3.8) is 0 Å². The van der Waals surface area contributed by atoms with E-state index in [9.17, 15) is 0 Å². The first-order valence-corrected chi connectivity index (χ1v) is 7.41. The zero-order chi connectivity index (χ0) is 13.8. The Kier molecular flexibility index (Phi) is 4.37. The van der Waals surface area contributed by atoms with Crippen LogP contribution < -0.4 is 11.1 Å². The number of hydrogen-bond acceptors (Lipinski definition) is 5. The summed E-state index contributed by atoms with van der Waals surface area (Å²) in [7, 11) is 0. The summed E-state index contributed by atoms with van der Waals surface area (Å²) in [5.41, 5.74) is 7.16. The lowest BCUT2D eigenvalue weighted by Gasteiger charge is -2.15. The van der Waals surface area contributed by atoms with Crippen LogP contribution in [0.3, 0.4) is 0 Å². The molecule has 2 heterocycles. The lowest BCUT2D eigenvalue weighted by Crippen LogP contribution is -2.19. The highest BCUT2D eigenvalue weighted by atomic mass is 32.1. The topological polar surface area (TPSA) is 63.8 Å². The molecule has 0 spiro atoms. The lowest BCUT2D eigenvalue weighted by atomic mass is 10.1. The van der Waals surface area contributed by atoms with E-state index in [1.165, 1.54) is 5.56 Å². The van der Waals surface area contributed by atoms with E-state index in [0.717, 1.165) is 18.1 Å². The molecular formula is C14H20N4S. The molecule has 2 aromatic heterocycles. The van der Waals surface area contributed by atoms with Gasteiger partial charge in [-0.1, -0.05) is 13.8 Å². The van der Waals surface area contributed by atoms with Gasteiger partial charge in [0.05, 0.1) is 0 Å². The molecule has 0 fully saturated rings. The van der Waals surface area contributed by atoms with Gasteiger partial charge in [0.15, 0.2) is 0 Å². The molecule has 2 aromatic rings. The van der Waals surface area contributed by atoms with Gasteiger partial charge in [-0.25, -0.2) is 9.97 Å². The molecule has 0 bridgehead atoms. The van der Waals surface area contributed by atoms with Gasteiger partial charge in [-0.3, -0.25) is 0 Å². The first-order valence-electron chi connectivity index (χ1n) is 6.46. The van der Waals surface area contributed by atoms with Gasteiger partial charge in [0.1, 0.15) is 17.5 Å². The summed E-state index contributed by atoms with van der Waals surface area (Å²) in [5.74, 6) is 2.38. The second kappa shape index (κ2) is 6.02. The fourth-order valence-electron chi connectivity index (χ4n) is 1.88. The number of hydrogen-bond donors (Lipinski definition) is 2. The second-order valence-electron chi connectivity index (χ2n) is 5.07. The van der Waals surface area contributed by atoms with Crippen LogP contribution in [0.4, 0.5) is 11.6 Å². The zero-order valence-corrected chi connectivity index (χ0v) is 12.4.